The van der Waals surface area contributed by atoms with Crippen LogP contribution in [0.25, 0.3) is 11.3 Å². The molecule has 1 aliphatic rings. The SMILES string of the molecule is CN(C)[C@@H]1CCN(Cc2nc(-c3ccccc3)cs2)C1. The van der Waals surface area contributed by atoms with Gasteiger partial charge >= 0.3 is 0 Å². The van der Waals surface area contributed by atoms with Crippen LogP contribution in [0.4, 0.5) is 0 Å². The van der Waals surface area contributed by atoms with E-state index in [1.165, 1.54) is 23.5 Å². The van der Waals surface area contributed by atoms with Crippen LogP contribution >= 0.6 is 11.3 Å². The summed E-state index contributed by atoms with van der Waals surface area (Å²) < 4.78 is 0. The van der Waals surface area contributed by atoms with Crippen LogP contribution < -0.4 is 0 Å². The van der Waals surface area contributed by atoms with Gasteiger partial charge in [0.15, 0.2) is 0 Å². The Morgan fingerprint density at radius 2 is 2.10 bits per heavy atom. The van der Waals surface area contributed by atoms with E-state index in [4.69, 9.17) is 4.98 Å². The van der Waals surface area contributed by atoms with Gasteiger partial charge < -0.3 is 4.90 Å². The number of rotatable bonds is 4. The van der Waals surface area contributed by atoms with Gasteiger partial charge in [-0.3, -0.25) is 4.90 Å². The molecule has 2 aromatic rings. The third kappa shape index (κ3) is 3.08. The van der Waals surface area contributed by atoms with E-state index >= 15 is 0 Å². The predicted octanol–water partition coefficient (Wildman–Crippen LogP) is 2.95. The molecule has 1 aromatic carbocycles. The summed E-state index contributed by atoms with van der Waals surface area (Å²) in [5.74, 6) is 0. The molecule has 3 rings (SSSR count). The van der Waals surface area contributed by atoms with Crippen LogP contribution in [0, 0.1) is 0 Å². The van der Waals surface area contributed by atoms with Crippen molar-refractivity contribution < 1.29 is 0 Å². The minimum Gasteiger partial charge on any atom is -0.305 e. The van der Waals surface area contributed by atoms with Crippen LogP contribution in [0.3, 0.4) is 0 Å². The first-order valence-electron chi connectivity index (χ1n) is 7.11. The Morgan fingerprint density at radius 3 is 2.80 bits per heavy atom. The summed E-state index contributed by atoms with van der Waals surface area (Å²) in [4.78, 5) is 9.62. The Bertz CT molecular complexity index is 550. The largest absolute Gasteiger partial charge is 0.305 e. The molecule has 1 fully saturated rings. The number of hydrogen-bond donors (Lipinski definition) is 0. The van der Waals surface area contributed by atoms with Crippen LogP contribution in [0.15, 0.2) is 35.7 Å². The van der Waals surface area contributed by atoms with Crippen molar-refractivity contribution in [3.8, 4) is 11.3 Å². The molecule has 4 heteroatoms. The van der Waals surface area contributed by atoms with Gasteiger partial charge in [-0.1, -0.05) is 30.3 Å². The number of likely N-dealkylation sites (tertiary alicyclic amines) is 1. The van der Waals surface area contributed by atoms with Crippen molar-refractivity contribution in [2.45, 2.75) is 19.0 Å². The molecule has 1 atom stereocenters. The van der Waals surface area contributed by atoms with Gasteiger partial charge in [0.05, 0.1) is 12.2 Å². The zero-order chi connectivity index (χ0) is 13.9. The summed E-state index contributed by atoms with van der Waals surface area (Å²) in [5.41, 5.74) is 2.32. The van der Waals surface area contributed by atoms with E-state index in [2.05, 4.69) is 53.5 Å². The van der Waals surface area contributed by atoms with E-state index in [1.54, 1.807) is 11.3 Å². The van der Waals surface area contributed by atoms with Gasteiger partial charge in [0, 0.05) is 30.1 Å². The van der Waals surface area contributed by atoms with Crippen molar-refractivity contribution >= 4 is 11.3 Å². The number of aromatic nitrogens is 1. The highest BCUT2D eigenvalue weighted by atomic mass is 32.1. The fraction of sp³-hybridized carbons (Fsp3) is 0.438. The second-order valence-electron chi connectivity index (χ2n) is 5.63. The Labute approximate surface area is 124 Å². The van der Waals surface area contributed by atoms with Crippen molar-refractivity contribution in [3.05, 3.63) is 40.7 Å². The fourth-order valence-corrected chi connectivity index (χ4v) is 3.54. The number of thiazole rings is 1. The third-order valence-electron chi connectivity index (χ3n) is 3.96. The van der Waals surface area contributed by atoms with Crippen molar-refractivity contribution in [1.82, 2.24) is 14.8 Å². The summed E-state index contributed by atoms with van der Waals surface area (Å²) in [6.07, 6.45) is 1.27. The summed E-state index contributed by atoms with van der Waals surface area (Å²) in [5, 5.41) is 3.40. The van der Waals surface area contributed by atoms with Gasteiger partial charge in [-0.25, -0.2) is 4.98 Å². The second-order valence-corrected chi connectivity index (χ2v) is 6.58. The normalized spacial score (nSPS) is 19.9. The van der Waals surface area contributed by atoms with Crippen LogP contribution in [0.2, 0.25) is 0 Å². The topological polar surface area (TPSA) is 19.4 Å². The molecule has 0 unspecified atom stereocenters. The maximum absolute atomic E-state index is 4.78. The summed E-state index contributed by atoms with van der Waals surface area (Å²) in [6.45, 7) is 3.33. The number of likely N-dealkylation sites (N-methyl/N-ethyl adjacent to an activating group) is 1. The number of hydrogen-bond acceptors (Lipinski definition) is 4. The quantitative estimate of drug-likeness (QED) is 0.862. The Morgan fingerprint density at radius 1 is 1.30 bits per heavy atom. The monoisotopic (exact) mass is 287 g/mol. The van der Waals surface area contributed by atoms with Crippen LogP contribution in [-0.2, 0) is 6.54 Å². The molecule has 3 nitrogen and oxygen atoms in total. The zero-order valence-corrected chi connectivity index (χ0v) is 12.9. The van der Waals surface area contributed by atoms with Crippen LogP contribution in [-0.4, -0.2) is 48.0 Å². The minimum atomic E-state index is 0.698. The minimum absolute atomic E-state index is 0.698. The maximum Gasteiger partial charge on any atom is 0.107 e. The van der Waals surface area contributed by atoms with Gasteiger partial charge in [0.25, 0.3) is 0 Å². The molecule has 0 radical (unpaired) electrons. The van der Waals surface area contributed by atoms with Crippen molar-refractivity contribution in [1.29, 1.82) is 0 Å². The Balaban J connectivity index is 1.64. The van der Waals surface area contributed by atoms with E-state index in [-0.39, 0.29) is 0 Å². The smallest absolute Gasteiger partial charge is 0.107 e. The molecule has 0 aliphatic carbocycles. The molecule has 1 saturated heterocycles. The van der Waals surface area contributed by atoms with Gasteiger partial charge in [0.1, 0.15) is 5.01 Å². The third-order valence-corrected chi connectivity index (χ3v) is 4.79. The first-order valence-corrected chi connectivity index (χ1v) is 7.99. The molecule has 20 heavy (non-hydrogen) atoms. The van der Waals surface area contributed by atoms with Crippen LogP contribution in [0.5, 0.6) is 0 Å². The second kappa shape index (κ2) is 6.04. The molecular formula is C16H21N3S. The highest BCUT2D eigenvalue weighted by Gasteiger charge is 2.24. The van der Waals surface area contributed by atoms with Gasteiger partial charge in [-0.15, -0.1) is 11.3 Å². The summed E-state index contributed by atoms with van der Waals surface area (Å²) >= 11 is 1.77. The molecule has 2 heterocycles. The van der Waals surface area contributed by atoms with E-state index in [9.17, 15) is 0 Å². The Kier molecular flexibility index (Phi) is 4.15. The molecule has 1 aliphatic heterocycles. The lowest BCUT2D eigenvalue weighted by molar-refractivity contribution is 0.264. The highest BCUT2D eigenvalue weighted by molar-refractivity contribution is 7.09. The molecule has 0 saturated carbocycles. The molecule has 0 N–H and O–H groups in total. The van der Waals surface area contributed by atoms with Crippen molar-refractivity contribution in [2.24, 2.45) is 0 Å². The average molecular weight is 287 g/mol. The fourth-order valence-electron chi connectivity index (χ4n) is 2.69. The van der Waals surface area contributed by atoms with Crippen molar-refractivity contribution in [2.75, 3.05) is 27.2 Å². The number of benzene rings is 1. The van der Waals surface area contributed by atoms with Gasteiger partial charge in [-0.05, 0) is 20.5 Å². The molecular weight excluding hydrogens is 266 g/mol. The zero-order valence-electron chi connectivity index (χ0n) is 12.1. The van der Waals surface area contributed by atoms with Gasteiger partial charge in [0.2, 0.25) is 0 Å². The van der Waals surface area contributed by atoms with Crippen LogP contribution in [0.1, 0.15) is 11.4 Å². The van der Waals surface area contributed by atoms with E-state index in [1.807, 2.05) is 6.07 Å². The summed E-state index contributed by atoms with van der Waals surface area (Å²) in [7, 11) is 4.34. The van der Waals surface area contributed by atoms with E-state index in [0.717, 1.165) is 18.8 Å². The maximum atomic E-state index is 4.78. The first-order chi connectivity index (χ1) is 9.72. The predicted molar refractivity (Wildman–Crippen MR) is 84.9 cm³/mol. The lowest BCUT2D eigenvalue weighted by Gasteiger charge is -2.19. The van der Waals surface area contributed by atoms with Gasteiger partial charge in [-0.2, -0.15) is 0 Å². The molecule has 0 amide bonds. The molecule has 0 spiro atoms. The van der Waals surface area contributed by atoms with E-state index < -0.39 is 0 Å². The highest BCUT2D eigenvalue weighted by Crippen LogP contribution is 2.24. The average Bonchev–Trinajstić information content (AvgIpc) is 3.10. The lowest BCUT2D eigenvalue weighted by atomic mass is 10.2. The van der Waals surface area contributed by atoms with E-state index in [0.29, 0.717) is 6.04 Å². The molecule has 106 valence electrons. The molecule has 0 bridgehead atoms. The molecule has 1 aromatic heterocycles. The lowest BCUT2D eigenvalue weighted by Crippen LogP contribution is -2.31. The van der Waals surface area contributed by atoms with Crippen molar-refractivity contribution in [3.63, 3.8) is 0 Å². The summed E-state index contributed by atoms with van der Waals surface area (Å²) in [6, 6.07) is 11.1. The Hall–Kier alpha value is -1.23. The standard InChI is InChI=1S/C16H21N3S/c1-18(2)14-8-9-19(10-14)11-16-17-15(12-20-16)13-6-4-3-5-7-13/h3-7,12,14H,8-11H2,1-2H3/t14-/m1/s1. The first kappa shape index (κ1) is 13.7. The number of nitrogens with zero attached hydrogens (tertiary/aromatic N) is 3.